The van der Waals surface area contributed by atoms with Crippen LogP contribution in [0, 0.1) is 0 Å². The van der Waals surface area contributed by atoms with Crippen LogP contribution in [0.1, 0.15) is 13.8 Å². The minimum Gasteiger partial charge on any atom is -0.364 e. The molecule has 0 saturated heterocycles. The summed E-state index contributed by atoms with van der Waals surface area (Å²) >= 11 is 0. The Balaban J connectivity index is 3.28. The molecule has 1 amide bonds. The number of amides is 1. The van der Waals surface area contributed by atoms with Crippen molar-refractivity contribution in [3.63, 3.8) is 0 Å². The third-order valence-electron chi connectivity index (χ3n) is 1.70. The lowest BCUT2D eigenvalue weighted by atomic mass is 10.1. The fourth-order valence-corrected chi connectivity index (χ4v) is 0.930. The lowest BCUT2D eigenvalue weighted by molar-refractivity contribution is 0.255. The van der Waals surface area contributed by atoms with E-state index in [1.165, 1.54) is 0 Å². The summed E-state index contributed by atoms with van der Waals surface area (Å²) in [6, 6.07) is 0. The molecule has 1 N–H and O–H groups in total. The van der Waals surface area contributed by atoms with Gasteiger partial charge in [-0.1, -0.05) is 13.8 Å². The van der Waals surface area contributed by atoms with Crippen LogP contribution in [0.3, 0.4) is 0 Å². The van der Waals surface area contributed by atoms with Crippen LogP contribution in [0.25, 0.3) is 0 Å². The van der Waals surface area contributed by atoms with Gasteiger partial charge >= 0.3 is 0 Å². The molecule has 0 radical (unpaired) electrons. The first-order valence-corrected chi connectivity index (χ1v) is 4.17. The molecule has 0 aliphatic carbocycles. The van der Waals surface area contributed by atoms with E-state index in [0.717, 1.165) is 26.2 Å². The van der Waals surface area contributed by atoms with Crippen molar-refractivity contribution in [3.05, 3.63) is 0 Å². The highest BCUT2D eigenvalue weighted by molar-refractivity contribution is 6.57. The number of carbonyl (C=O) groups is 1. The molecule has 0 aromatic heterocycles. The number of nitrogens with zero attached hydrogens (tertiary/aromatic N) is 1. The average Bonchev–Trinajstić information content (AvgIpc) is 1.98. The van der Waals surface area contributed by atoms with Crippen molar-refractivity contribution >= 4 is 13.7 Å². The first kappa shape index (κ1) is 10.5. The summed E-state index contributed by atoms with van der Waals surface area (Å²) in [5, 5.41) is 2.76. The summed E-state index contributed by atoms with van der Waals surface area (Å²) in [6.45, 7) is 8.06. The van der Waals surface area contributed by atoms with E-state index in [-0.39, 0.29) is 5.81 Å². The summed E-state index contributed by atoms with van der Waals surface area (Å²) in [6.07, 6.45) is 0. The van der Waals surface area contributed by atoms with Gasteiger partial charge in [0.1, 0.15) is 0 Å². The van der Waals surface area contributed by atoms with Crippen LogP contribution in [-0.4, -0.2) is 44.7 Å². The van der Waals surface area contributed by atoms with E-state index in [0.29, 0.717) is 0 Å². The lowest BCUT2D eigenvalue weighted by Crippen LogP contribution is -2.34. The van der Waals surface area contributed by atoms with E-state index in [2.05, 4.69) is 24.1 Å². The number of rotatable bonds is 5. The molecule has 0 fully saturated rings. The topological polar surface area (TPSA) is 32.3 Å². The van der Waals surface area contributed by atoms with Crippen LogP contribution in [0.15, 0.2) is 0 Å². The van der Waals surface area contributed by atoms with Crippen molar-refractivity contribution in [1.29, 1.82) is 0 Å². The number of hydrogen-bond acceptors (Lipinski definition) is 2. The van der Waals surface area contributed by atoms with Gasteiger partial charge in [0.05, 0.1) is 0 Å². The maximum Gasteiger partial charge on any atom is 0.215 e. The van der Waals surface area contributed by atoms with Gasteiger partial charge in [0.2, 0.25) is 7.85 Å². The fraction of sp³-hybridized carbons (Fsp3) is 0.857. The Kier molecular flexibility index (Phi) is 5.94. The fourth-order valence-electron chi connectivity index (χ4n) is 0.930. The molecule has 0 saturated carbocycles. The lowest BCUT2D eigenvalue weighted by Gasteiger charge is -2.17. The van der Waals surface area contributed by atoms with Gasteiger partial charge in [-0.15, -0.1) is 0 Å². The quantitative estimate of drug-likeness (QED) is 0.553. The Labute approximate surface area is 69.6 Å². The van der Waals surface area contributed by atoms with Gasteiger partial charge in [-0.25, -0.2) is 0 Å². The molecule has 0 rings (SSSR count). The molecular formula is C7H17BN2O. The highest BCUT2D eigenvalue weighted by atomic mass is 16.1. The zero-order valence-corrected chi connectivity index (χ0v) is 7.68. The summed E-state index contributed by atoms with van der Waals surface area (Å²) in [4.78, 5) is 12.7. The highest BCUT2D eigenvalue weighted by Crippen LogP contribution is 1.83. The van der Waals surface area contributed by atoms with Gasteiger partial charge in [0, 0.05) is 13.1 Å². The van der Waals surface area contributed by atoms with Gasteiger partial charge in [-0.3, -0.25) is 4.79 Å². The molecule has 0 aromatic rings. The van der Waals surface area contributed by atoms with Crippen molar-refractivity contribution < 1.29 is 4.79 Å². The first-order chi connectivity index (χ1) is 5.20. The molecule has 0 aliphatic rings. The van der Waals surface area contributed by atoms with Crippen molar-refractivity contribution in [2.75, 3.05) is 26.2 Å². The van der Waals surface area contributed by atoms with Crippen LogP contribution in [0.5, 0.6) is 0 Å². The van der Waals surface area contributed by atoms with Crippen LogP contribution in [0.4, 0.5) is 4.79 Å². The monoisotopic (exact) mass is 156 g/mol. The molecule has 0 atom stereocenters. The smallest absolute Gasteiger partial charge is 0.215 e. The average molecular weight is 156 g/mol. The predicted molar refractivity (Wildman–Crippen MR) is 49.7 cm³/mol. The van der Waals surface area contributed by atoms with Crippen LogP contribution >= 0.6 is 0 Å². The van der Waals surface area contributed by atoms with Crippen LogP contribution < -0.4 is 5.32 Å². The minimum atomic E-state index is 0.0529. The van der Waals surface area contributed by atoms with E-state index in [1.807, 2.05) is 0 Å². The summed E-state index contributed by atoms with van der Waals surface area (Å²) in [5.41, 5.74) is 0. The molecule has 64 valence electrons. The SMILES string of the molecule is BC(=O)NCCN(CC)CC. The summed E-state index contributed by atoms with van der Waals surface area (Å²) < 4.78 is 0. The largest absolute Gasteiger partial charge is 0.364 e. The van der Waals surface area contributed by atoms with Crippen LogP contribution in [-0.2, 0) is 0 Å². The van der Waals surface area contributed by atoms with E-state index in [1.54, 1.807) is 7.85 Å². The van der Waals surface area contributed by atoms with Gasteiger partial charge < -0.3 is 10.2 Å². The molecular weight excluding hydrogens is 139 g/mol. The standard InChI is InChI=1S/C7H17BN2O/c1-3-10(4-2)6-5-9-7(8)11/h3-6,8H2,1-2H3,(H,9,11). The number of likely N-dealkylation sites (N-methyl/N-ethyl adjacent to an activating group) is 1. The second-order valence-corrected chi connectivity index (χ2v) is 2.51. The van der Waals surface area contributed by atoms with Crippen molar-refractivity contribution in [2.45, 2.75) is 13.8 Å². The molecule has 3 nitrogen and oxygen atoms in total. The molecule has 0 heterocycles. The zero-order chi connectivity index (χ0) is 8.69. The van der Waals surface area contributed by atoms with Gasteiger partial charge in [0.15, 0.2) is 5.81 Å². The van der Waals surface area contributed by atoms with Crippen molar-refractivity contribution in [3.8, 4) is 0 Å². The highest BCUT2D eigenvalue weighted by Gasteiger charge is 1.97. The number of hydrogen-bond donors (Lipinski definition) is 1. The maximum absolute atomic E-state index is 10.5. The Morgan fingerprint density at radius 1 is 1.45 bits per heavy atom. The molecule has 11 heavy (non-hydrogen) atoms. The second kappa shape index (κ2) is 6.22. The maximum atomic E-state index is 10.5. The summed E-state index contributed by atoms with van der Waals surface area (Å²) in [5.74, 6) is 0.0529. The Morgan fingerprint density at radius 3 is 2.36 bits per heavy atom. The minimum absolute atomic E-state index is 0.0529. The van der Waals surface area contributed by atoms with Gasteiger partial charge in [0.25, 0.3) is 0 Å². The molecule has 0 aliphatic heterocycles. The predicted octanol–water partition coefficient (Wildman–Crippen LogP) is -0.329. The Morgan fingerprint density at radius 2 is 2.00 bits per heavy atom. The molecule has 0 aromatic carbocycles. The van der Waals surface area contributed by atoms with Crippen LogP contribution in [0.2, 0.25) is 0 Å². The summed E-state index contributed by atoms with van der Waals surface area (Å²) in [7, 11) is 1.54. The van der Waals surface area contributed by atoms with Crippen molar-refractivity contribution in [1.82, 2.24) is 10.2 Å². The third-order valence-corrected chi connectivity index (χ3v) is 1.70. The van der Waals surface area contributed by atoms with E-state index < -0.39 is 0 Å². The van der Waals surface area contributed by atoms with E-state index in [4.69, 9.17) is 0 Å². The molecule has 0 unspecified atom stereocenters. The number of nitrogens with one attached hydrogen (secondary N) is 1. The Hall–Kier alpha value is -0.505. The Bertz CT molecular complexity index is 115. The molecule has 4 heteroatoms. The number of carbonyl (C=O) groups excluding carboxylic acids is 1. The zero-order valence-electron chi connectivity index (χ0n) is 7.68. The first-order valence-electron chi connectivity index (χ1n) is 4.17. The second-order valence-electron chi connectivity index (χ2n) is 2.51. The van der Waals surface area contributed by atoms with E-state index >= 15 is 0 Å². The third kappa shape index (κ3) is 5.92. The normalized spacial score (nSPS) is 10.1. The van der Waals surface area contributed by atoms with Gasteiger partial charge in [-0.2, -0.15) is 0 Å². The van der Waals surface area contributed by atoms with Crippen molar-refractivity contribution in [2.24, 2.45) is 0 Å². The molecule has 0 spiro atoms. The van der Waals surface area contributed by atoms with Gasteiger partial charge in [-0.05, 0) is 13.1 Å². The van der Waals surface area contributed by atoms with E-state index in [9.17, 15) is 4.79 Å². The molecule has 0 bridgehead atoms.